The predicted octanol–water partition coefficient (Wildman–Crippen LogP) is 3.63. The monoisotopic (exact) mass is 355 g/mol. The van der Waals surface area contributed by atoms with Crippen LogP contribution < -0.4 is 5.32 Å². The number of hydrogen-bond acceptors (Lipinski definition) is 3. The number of fused-ring (bicyclic) bond motifs is 2. The summed E-state index contributed by atoms with van der Waals surface area (Å²) >= 11 is 0. The van der Waals surface area contributed by atoms with Gasteiger partial charge >= 0.3 is 0 Å². The van der Waals surface area contributed by atoms with Crippen molar-refractivity contribution in [3.63, 3.8) is 0 Å². The zero-order valence-electron chi connectivity index (χ0n) is 16.8. The number of likely N-dealkylation sites (tertiary alicyclic amines) is 1. The Balaban J connectivity index is 1.49. The summed E-state index contributed by atoms with van der Waals surface area (Å²) in [5.74, 6) is 0.796. The molecule has 144 valence electrons. The van der Waals surface area contributed by atoms with Gasteiger partial charge in [0.25, 0.3) is 0 Å². The van der Waals surface area contributed by atoms with Crippen molar-refractivity contribution in [3.05, 3.63) is 35.4 Å². The van der Waals surface area contributed by atoms with Gasteiger partial charge in [-0.05, 0) is 81.9 Å². The number of nitrogens with zero attached hydrogens (tertiary/aromatic N) is 2. The molecule has 1 spiro atoms. The van der Waals surface area contributed by atoms with Crippen molar-refractivity contribution >= 4 is 0 Å². The highest BCUT2D eigenvalue weighted by molar-refractivity contribution is 5.37. The number of nitrogens with one attached hydrogen (secondary N) is 1. The maximum absolute atomic E-state index is 3.52. The van der Waals surface area contributed by atoms with Gasteiger partial charge in [-0.15, -0.1) is 0 Å². The summed E-state index contributed by atoms with van der Waals surface area (Å²) in [5.41, 5.74) is 3.67. The summed E-state index contributed by atoms with van der Waals surface area (Å²) in [7, 11) is 0. The molecule has 3 heteroatoms. The zero-order chi connectivity index (χ0) is 18.0. The van der Waals surface area contributed by atoms with Gasteiger partial charge in [0.2, 0.25) is 0 Å². The largest absolute Gasteiger partial charge is 0.317 e. The Labute approximate surface area is 160 Å². The first-order valence-electron chi connectivity index (χ1n) is 10.9. The molecule has 0 aliphatic carbocycles. The molecule has 3 aliphatic rings. The third-order valence-electron chi connectivity index (χ3n) is 7.11. The second-order valence-corrected chi connectivity index (χ2v) is 9.35. The molecular weight excluding hydrogens is 318 g/mol. The molecule has 0 radical (unpaired) electrons. The molecule has 0 bridgehead atoms. The van der Waals surface area contributed by atoms with Crippen molar-refractivity contribution in [2.75, 3.05) is 39.3 Å². The number of hydrogen-bond donors (Lipinski definition) is 1. The molecule has 0 saturated carbocycles. The van der Waals surface area contributed by atoms with Crippen molar-refractivity contribution in [1.82, 2.24) is 15.1 Å². The average Bonchev–Trinajstić information content (AvgIpc) is 2.68. The van der Waals surface area contributed by atoms with E-state index in [2.05, 4.69) is 53.2 Å². The molecule has 26 heavy (non-hydrogen) atoms. The van der Waals surface area contributed by atoms with Crippen molar-refractivity contribution < 1.29 is 0 Å². The Hall–Kier alpha value is -0.900. The molecule has 0 amide bonds. The van der Waals surface area contributed by atoms with Crippen molar-refractivity contribution in [2.24, 2.45) is 5.92 Å². The van der Waals surface area contributed by atoms with Crippen LogP contribution in [0.3, 0.4) is 0 Å². The number of piperidine rings is 2. The Morgan fingerprint density at radius 3 is 2.58 bits per heavy atom. The quantitative estimate of drug-likeness (QED) is 0.890. The third kappa shape index (κ3) is 3.85. The summed E-state index contributed by atoms with van der Waals surface area (Å²) in [4.78, 5) is 5.56. The van der Waals surface area contributed by atoms with Gasteiger partial charge in [-0.2, -0.15) is 0 Å². The van der Waals surface area contributed by atoms with E-state index in [4.69, 9.17) is 0 Å². The fraction of sp³-hybridized carbons (Fsp3) is 0.739. The summed E-state index contributed by atoms with van der Waals surface area (Å²) < 4.78 is 0. The lowest BCUT2D eigenvalue weighted by Gasteiger charge is -2.50. The fourth-order valence-electron chi connectivity index (χ4n) is 5.50. The molecule has 0 aromatic heterocycles. The molecule has 0 unspecified atom stereocenters. The van der Waals surface area contributed by atoms with Crippen LogP contribution >= 0.6 is 0 Å². The second-order valence-electron chi connectivity index (χ2n) is 9.35. The average molecular weight is 356 g/mol. The summed E-state index contributed by atoms with van der Waals surface area (Å²) in [5, 5.41) is 3.52. The van der Waals surface area contributed by atoms with E-state index in [9.17, 15) is 0 Å². The molecule has 3 heterocycles. The molecule has 1 aromatic rings. The van der Waals surface area contributed by atoms with Crippen LogP contribution in [0.1, 0.15) is 57.1 Å². The lowest BCUT2D eigenvalue weighted by molar-refractivity contribution is 0.0638. The Morgan fingerprint density at radius 1 is 1.12 bits per heavy atom. The van der Waals surface area contributed by atoms with Crippen LogP contribution in [0.25, 0.3) is 0 Å². The molecule has 3 aliphatic heterocycles. The first-order chi connectivity index (χ1) is 12.7. The second kappa shape index (κ2) is 8.00. The molecule has 1 aromatic carbocycles. The lowest BCUT2D eigenvalue weighted by atomic mass is 9.68. The fourth-order valence-corrected chi connectivity index (χ4v) is 5.50. The minimum absolute atomic E-state index is 0.398. The van der Waals surface area contributed by atoms with E-state index in [0.29, 0.717) is 5.41 Å². The van der Waals surface area contributed by atoms with Crippen LogP contribution in [0, 0.1) is 5.92 Å². The van der Waals surface area contributed by atoms with Gasteiger partial charge in [-0.1, -0.05) is 38.1 Å². The summed E-state index contributed by atoms with van der Waals surface area (Å²) in [6, 6.07) is 10.2. The van der Waals surface area contributed by atoms with E-state index in [1.54, 1.807) is 11.1 Å². The van der Waals surface area contributed by atoms with Crippen LogP contribution in [0.5, 0.6) is 0 Å². The smallest absolute Gasteiger partial charge is 0.0237 e. The molecular formula is C23H37N3. The Morgan fingerprint density at radius 2 is 1.85 bits per heavy atom. The summed E-state index contributed by atoms with van der Waals surface area (Å²) in [6.07, 6.45) is 6.67. The van der Waals surface area contributed by atoms with Crippen LogP contribution in [-0.2, 0) is 12.0 Å². The zero-order valence-corrected chi connectivity index (χ0v) is 16.8. The van der Waals surface area contributed by atoms with Crippen molar-refractivity contribution in [1.29, 1.82) is 0 Å². The highest BCUT2D eigenvalue weighted by Gasteiger charge is 2.42. The van der Waals surface area contributed by atoms with Crippen molar-refractivity contribution in [3.8, 4) is 0 Å². The standard InChI is InChI=1S/C23H37N3/c1-19(2)9-14-25-17-20-5-3-4-6-22(20)23(18-25)10-15-26(16-11-23)21-7-12-24-13-8-21/h3-6,19,21,24H,7-18H2,1-2H3. The van der Waals surface area contributed by atoms with Gasteiger partial charge in [0.15, 0.2) is 0 Å². The predicted molar refractivity (Wildman–Crippen MR) is 110 cm³/mol. The number of benzene rings is 1. The third-order valence-corrected chi connectivity index (χ3v) is 7.11. The van der Waals surface area contributed by atoms with E-state index < -0.39 is 0 Å². The minimum atomic E-state index is 0.398. The molecule has 2 saturated heterocycles. The van der Waals surface area contributed by atoms with E-state index >= 15 is 0 Å². The molecule has 0 atom stereocenters. The molecule has 4 rings (SSSR count). The highest BCUT2D eigenvalue weighted by atomic mass is 15.2. The van der Waals surface area contributed by atoms with Gasteiger partial charge < -0.3 is 10.2 Å². The topological polar surface area (TPSA) is 18.5 Å². The molecule has 2 fully saturated rings. The van der Waals surface area contributed by atoms with E-state index in [0.717, 1.165) is 18.5 Å². The van der Waals surface area contributed by atoms with Gasteiger partial charge in [0, 0.05) is 24.5 Å². The first kappa shape index (κ1) is 18.5. The van der Waals surface area contributed by atoms with Crippen LogP contribution in [0.15, 0.2) is 24.3 Å². The van der Waals surface area contributed by atoms with Gasteiger partial charge in [0.05, 0.1) is 0 Å². The van der Waals surface area contributed by atoms with Crippen LogP contribution in [0.2, 0.25) is 0 Å². The normalized spacial score (nSPS) is 24.9. The van der Waals surface area contributed by atoms with E-state index in [1.165, 1.54) is 71.4 Å². The minimum Gasteiger partial charge on any atom is -0.317 e. The maximum Gasteiger partial charge on any atom is 0.0237 e. The SMILES string of the molecule is CC(C)CCN1Cc2ccccc2C2(CCN(C3CCNCC3)CC2)C1. The van der Waals surface area contributed by atoms with Crippen molar-refractivity contribution in [2.45, 2.75) is 64.0 Å². The first-order valence-corrected chi connectivity index (χ1v) is 10.9. The summed E-state index contributed by atoms with van der Waals surface area (Å²) in [6.45, 7) is 13.4. The van der Waals surface area contributed by atoms with Gasteiger partial charge in [0.1, 0.15) is 0 Å². The maximum atomic E-state index is 3.52. The van der Waals surface area contributed by atoms with Gasteiger partial charge in [-0.25, -0.2) is 0 Å². The van der Waals surface area contributed by atoms with Crippen LogP contribution in [-0.4, -0.2) is 55.1 Å². The Bertz CT molecular complexity index is 583. The van der Waals surface area contributed by atoms with Gasteiger partial charge in [-0.3, -0.25) is 4.90 Å². The highest BCUT2D eigenvalue weighted by Crippen LogP contribution is 2.42. The van der Waals surface area contributed by atoms with Crippen LogP contribution in [0.4, 0.5) is 0 Å². The Kier molecular flexibility index (Phi) is 5.68. The van der Waals surface area contributed by atoms with E-state index in [1.807, 2.05) is 0 Å². The van der Waals surface area contributed by atoms with E-state index in [-0.39, 0.29) is 0 Å². The molecule has 3 nitrogen and oxygen atoms in total. The number of rotatable bonds is 4. The molecule has 1 N–H and O–H groups in total. The lowest BCUT2D eigenvalue weighted by Crippen LogP contribution is -2.55.